The highest BCUT2D eigenvalue weighted by molar-refractivity contribution is 5.82. The second kappa shape index (κ2) is 4.98. The quantitative estimate of drug-likeness (QED) is 0.831. The average molecular weight is 250 g/mol. The number of ether oxygens (including phenoxy) is 2. The third-order valence-corrected chi connectivity index (χ3v) is 3.36. The molecular formula is C14H18O4. The number of fused-ring (bicyclic) bond motifs is 1. The van der Waals surface area contributed by atoms with Gasteiger partial charge in [-0.3, -0.25) is 0 Å². The molecule has 0 spiro atoms. The van der Waals surface area contributed by atoms with Crippen molar-refractivity contribution in [1.82, 2.24) is 0 Å². The molecule has 1 aliphatic carbocycles. The van der Waals surface area contributed by atoms with Crippen molar-refractivity contribution < 1.29 is 19.4 Å². The number of benzene rings is 1. The lowest BCUT2D eigenvalue weighted by molar-refractivity contribution is -0.168. The van der Waals surface area contributed by atoms with Crippen LogP contribution in [0.3, 0.4) is 0 Å². The highest BCUT2D eigenvalue weighted by Crippen LogP contribution is 2.38. The van der Waals surface area contributed by atoms with Gasteiger partial charge in [-0.15, -0.1) is 0 Å². The van der Waals surface area contributed by atoms with Crippen molar-refractivity contribution in [2.45, 2.75) is 31.8 Å². The Bertz CT molecular complexity index is 455. The van der Waals surface area contributed by atoms with Crippen LogP contribution in [0.25, 0.3) is 0 Å². The molecule has 0 radical (unpaired) electrons. The first-order valence-electron chi connectivity index (χ1n) is 6.19. The zero-order valence-corrected chi connectivity index (χ0v) is 10.7. The van der Waals surface area contributed by atoms with Crippen LogP contribution in [0.4, 0.5) is 0 Å². The van der Waals surface area contributed by atoms with Crippen LogP contribution in [0.5, 0.6) is 5.75 Å². The number of carbonyl (C=O) groups is 1. The van der Waals surface area contributed by atoms with E-state index in [2.05, 4.69) is 0 Å². The van der Waals surface area contributed by atoms with Crippen molar-refractivity contribution in [3.05, 3.63) is 29.3 Å². The molecule has 1 unspecified atom stereocenters. The Hall–Kier alpha value is -1.55. The van der Waals surface area contributed by atoms with E-state index in [1.54, 1.807) is 20.1 Å². The van der Waals surface area contributed by atoms with Gasteiger partial charge in [-0.05, 0) is 43.9 Å². The molecule has 0 aromatic heterocycles. The molecule has 1 aliphatic rings. The molecule has 18 heavy (non-hydrogen) atoms. The standard InChI is InChI=1S/C14H18O4/c1-3-18-13(15)14(16)8-4-5-10-6-7-11(17-2)9-12(10)14/h6-7,9,16H,3-5,8H2,1-2H3. The summed E-state index contributed by atoms with van der Waals surface area (Å²) in [6, 6.07) is 5.47. The van der Waals surface area contributed by atoms with Crippen LogP contribution in [0.1, 0.15) is 30.9 Å². The van der Waals surface area contributed by atoms with Gasteiger partial charge in [-0.25, -0.2) is 4.79 Å². The fourth-order valence-corrected chi connectivity index (χ4v) is 2.42. The predicted octanol–water partition coefficient (Wildman–Crippen LogP) is 1.78. The third kappa shape index (κ3) is 2.08. The maximum absolute atomic E-state index is 12.0. The number of hydrogen-bond donors (Lipinski definition) is 1. The minimum Gasteiger partial charge on any atom is -0.497 e. The molecule has 1 atom stereocenters. The minimum absolute atomic E-state index is 0.264. The van der Waals surface area contributed by atoms with E-state index in [1.807, 2.05) is 12.1 Å². The largest absolute Gasteiger partial charge is 0.497 e. The van der Waals surface area contributed by atoms with Crippen LogP contribution in [0.2, 0.25) is 0 Å². The first-order chi connectivity index (χ1) is 8.61. The molecule has 0 amide bonds. The van der Waals surface area contributed by atoms with Crippen molar-refractivity contribution in [2.75, 3.05) is 13.7 Å². The molecule has 0 aliphatic heterocycles. The fourth-order valence-electron chi connectivity index (χ4n) is 2.42. The molecule has 4 nitrogen and oxygen atoms in total. The summed E-state index contributed by atoms with van der Waals surface area (Å²) in [5.41, 5.74) is 0.0714. The van der Waals surface area contributed by atoms with Crippen LogP contribution < -0.4 is 4.74 Å². The van der Waals surface area contributed by atoms with E-state index in [4.69, 9.17) is 9.47 Å². The van der Waals surface area contributed by atoms with Crippen LogP contribution >= 0.6 is 0 Å². The maximum atomic E-state index is 12.0. The Kier molecular flexibility index (Phi) is 3.57. The number of esters is 1. The topological polar surface area (TPSA) is 55.8 Å². The summed E-state index contributed by atoms with van der Waals surface area (Å²) in [7, 11) is 1.56. The van der Waals surface area contributed by atoms with Crippen LogP contribution in [0.15, 0.2) is 18.2 Å². The third-order valence-electron chi connectivity index (χ3n) is 3.36. The summed E-state index contributed by atoms with van der Waals surface area (Å²) in [4.78, 5) is 12.0. The molecule has 2 rings (SSSR count). The molecule has 0 fully saturated rings. The van der Waals surface area contributed by atoms with Crippen molar-refractivity contribution in [2.24, 2.45) is 0 Å². The van der Waals surface area contributed by atoms with Crippen LogP contribution in [0, 0.1) is 0 Å². The summed E-state index contributed by atoms with van der Waals surface area (Å²) in [5, 5.41) is 10.6. The Morgan fingerprint density at radius 3 is 2.94 bits per heavy atom. The van der Waals surface area contributed by atoms with Crippen molar-refractivity contribution in [1.29, 1.82) is 0 Å². The molecule has 1 aromatic rings. The lowest BCUT2D eigenvalue weighted by Crippen LogP contribution is -2.40. The maximum Gasteiger partial charge on any atom is 0.342 e. The summed E-state index contributed by atoms with van der Waals surface area (Å²) in [6.07, 6.45) is 2.03. The van der Waals surface area contributed by atoms with Crippen molar-refractivity contribution in [3.8, 4) is 5.75 Å². The Morgan fingerprint density at radius 1 is 1.50 bits per heavy atom. The second-order valence-corrected chi connectivity index (χ2v) is 4.46. The average Bonchev–Trinajstić information content (AvgIpc) is 2.39. The Morgan fingerprint density at radius 2 is 2.28 bits per heavy atom. The molecule has 4 heteroatoms. The molecule has 0 saturated carbocycles. The molecular weight excluding hydrogens is 232 g/mol. The minimum atomic E-state index is -1.53. The molecule has 98 valence electrons. The first-order valence-corrected chi connectivity index (χ1v) is 6.19. The number of rotatable bonds is 3. The van der Waals surface area contributed by atoms with Gasteiger partial charge < -0.3 is 14.6 Å². The van der Waals surface area contributed by atoms with Gasteiger partial charge >= 0.3 is 5.97 Å². The van der Waals surface area contributed by atoms with Crippen LogP contribution in [-0.2, 0) is 21.6 Å². The SMILES string of the molecule is CCOC(=O)C1(O)CCCc2ccc(OC)cc21. The van der Waals surface area contributed by atoms with Gasteiger partial charge in [0.2, 0.25) is 0 Å². The molecule has 0 saturated heterocycles. The number of methoxy groups -OCH3 is 1. The summed E-state index contributed by atoms with van der Waals surface area (Å²) in [6.45, 7) is 2.00. The van der Waals surface area contributed by atoms with E-state index in [0.717, 1.165) is 18.4 Å². The van der Waals surface area contributed by atoms with Gasteiger partial charge in [0.15, 0.2) is 5.60 Å². The summed E-state index contributed by atoms with van der Waals surface area (Å²) in [5.74, 6) is 0.0672. The monoisotopic (exact) mass is 250 g/mol. The highest BCUT2D eigenvalue weighted by Gasteiger charge is 2.43. The number of aryl methyl sites for hydroxylation is 1. The van der Waals surface area contributed by atoms with E-state index in [0.29, 0.717) is 17.7 Å². The normalized spacial score (nSPS) is 22.2. The summed E-state index contributed by atoms with van der Waals surface area (Å²) < 4.78 is 10.1. The first kappa shape index (κ1) is 12.9. The van der Waals surface area contributed by atoms with Gasteiger partial charge in [-0.2, -0.15) is 0 Å². The number of hydrogen-bond acceptors (Lipinski definition) is 4. The fraction of sp³-hybridized carbons (Fsp3) is 0.500. The Balaban J connectivity index is 2.45. The van der Waals surface area contributed by atoms with Crippen molar-refractivity contribution in [3.63, 3.8) is 0 Å². The van der Waals surface area contributed by atoms with Gasteiger partial charge in [0.05, 0.1) is 13.7 Å². The van der Waals surface area contributed by atoms with E-state index >= 15 is 0 Å². The lowest BCUT2D eigenvalue weighted by Gasteiger charge is -2.32. The van der Waals surface area contributed by atoms with Crippen molar-refractivity contribution >= 4 is 5.97 Å². The van der Waals surface area contributed by atoms with E-state index in [9.17, 15) is 9.90 Å². The molecule has 0 bridgehead atoms. The molecule has 0 heterocycles. The summed E-state index contributed by atoms with van der Waals surface area (Å²) >= 11 is 0. The predicted molar refractivity (Wildman–Crippen MR) is 66.5 cm³/mol. The Labute approximate surface area is 107 Å². The van der Waals surface area contributed by atoms with Gasteiger partial charge in [-0.1, -0.05) is 6.07 Å². The number of aliphatic hydroxyl groups is 1. The van der Waals surface area contributed by atoms with Gasteiger partial charge in [0.1, 0.15) is 5.75 Å². The van der Waals surface area contributed by atoms with Gasteiger partial charge in [0, 0.05) is 5.56 Å². The lowest BCUT2D eigenvalue weighted by atomic mass is 9.79. The van der Waals surface area contributed by atoms with Crippen LogP contribution in [-0.4, -0.2) is 24.8 Å². The second-order valence-electron chi connectivity index (χ2n) is 4.46. The smallest absolute Gasteiger partial charge is 0.342 e. The molecule has 1 aromatic carbocycles. The zero-order valence-electron chi connectivity index (χ0n) is 10.7. The van der Waals surface area contributed by atoms with E-state index in [1.165, 1.54) is 0 Å². The highest BCUT2D eigenvalue weighted by atomic mass is 16.5. The van der Waals surface area contributed by atoms with E-state index in [-0.39, 0.29) is 6.61 Å². The number of carbonyl (C=O) groups excluding carboxylic acids is 1. The van der Waals surface area contributed by atoms with Gasteiger partial charge in [0.25, 0.3) is 0 Å². The zero-order chi connectivity index (χ0) is 13.2. The molecule has 1 N–H and O–H groups in total. The van der Waals surface area contributed by atoms with E-state index < -0.39 is 11.6 Å².